The van der Waals surface area contributed by atoms with Gasteiger partial charge in [0.2, 0.25) is 5.78 Å². The lowest BCUT2D eigenvalue weighted by molar-refractivity contribution is -0.758. The van der Waals surface area contributed by atoms with Gasteiger partial charge in [0.1, 0.15) is 13.2 Å². The number of fused-ring (bicyclic) bond motifs is 5. The summed E-state index contributed by atoms with van der Waals surface area (Å²) in [4.78, 5) is 81.0. The number of hydrogen-bond acceptors (Lipinski definition) is 15. The van der Waals surface area contributed by atoms with Crippen molar-refractivity contribution in [2.45, 2.75) is 83.3 Å². The number of carbonyl (C=O) groups is 4. The van der Waals surface area contributed by atoms with Crippen LogP contribution in [0.2, 0.25) is 0 Å². The third kappa shape index (κ3) is 7.94. The third-order valence-corrected chi connectivity index (χ3v) is 10.9. The zero-order valence-corrected chi connectivity index (χ0v) is 27.3. The fourth-order valence-electron chi connectivity index (χ4n) is 8.81. The van der Waals surface area contributed by atoms with Crippen LogP contribution in [0.3, 0.4) is 0 Å². The predicted molar refractivity (Wildman–Crippen MR) is 160 cm³/mol. The quantitative estimate of drug-likeness (QED) is 0.0943. The highest BCUT2D eigenvalue weighted by atomic mass is 17.0. The van der Waals surface area contributed by atoms with Crippen LogP contribution in [-0.2, 0) is 47.8 Å². The number of allylic oxidation sites excluding steroid dienone is 1. The molecule has 0 aromatic heterocycles. The van der Waals surface area contributed by atoms with E-state index in [0.29, 0.717) is 32.1 Å². The Balaban J connectivity index is 1.45. The fourth-order valence-corrected chi connectivity index (χ4v) is 8.81. The average Bonchev–Trinajstić information content (AvgIpc) is 3.31. The van der Waals surface area contributed by atoms with Crippen molar-refractivity contribution < 1.29 is 63.1 Å². The number of esters is 2. The van der Waals surface area contributed by atoms with Crippen LogP contribution in [-0.4, -0.2) is 96.7 Å². The molecule has 17 nitrogen and oxygen atoms in total. The highest BCUT2D eigenvalue weighted by Crippen LogP contribution is 2.68. The summed E-state index contributed by atoms with van der Waals surface area (Å²) in [6.07, 6.45) is 3.81. The van der Waals surface area contributed by atoms with Crippen LogP contribution in [0.15, 0.2) is 11.6 Å². The molecule has 2 unspecified atom stereocenters. The van der Waals surface area contributed by atoms with Gasteiger partial charge in [0.15, 0.2) is 18.0 Å². The molecule has 0 spiro atoms. The van der Waals surface area contributed by atoms with Crippen molar-refractivity contribution in [3.8, 4) is 0 Å². The van der Waals surface area contributed by atoms with E-state index in [0.717, 1.165) is 5.57 Å². The normalized spacial score (nSPS) is 32.1. The molecule has 3 fully saturated rings. The lowest BCUT2D eigenvalue weighted by Gasteiger charge is -2.60. The molecule has 0 aliphatic heterocycles. The first-order valence-electron chi connectivity index (χ1n) is 16.3. The van der Waals surface area contributed by atoms with Crippen LogP contribution >= 0.6 is 0 Å². The van der Waals surface area contributed by atoms with Crippen LogP contribution in [0.4, 0.5) is 0 Å². The van der Waals surface area contributed by atoms with Gasteiger partial charge in [0, 0.05) is 18.3 Å². The summed E-state index contributed by atoms with van der Waals surface area (Å²) in [7, 11) is 0. The number of hydrogen-bond donors (Lipinski definition) is 1. The van der Waals surface area contributed by atoms with E-state index >= 15 is 0 Å². The molecule has 0 aromatic carbocycles. The summed E-state index contributed by atoms with van der Waals surface area (Å²) in [6, 6.07) is 0. The van der Waals surface area contributed by atoms with Crippen molar-refractivity contribution in [3.05, 3.63) is 31.9 Å². The van der Waals surface area contributed by atoms with E-state index in [9.17, 15) is 44.5 Å². The summed E-state index contributed by atoms with van der Waals surface area (Å²) in [5.41, 5.74) is -2.07. The Hall–Kier alpha value is -3.70. The van der Waals surface area contributed by atoms with Crippen LogP contribution in [0.25, 0.3) is 0 Å². The highest BCUT2D eigenvalue weighted by molar-refractivity contribution is 5.93. The smallest absolute Gasteiger partial charge is 0.332 e. The number of aliphatic hydroxyl groups is 1. The minimum Gasteiger partial charge on any atom is -0.456 e. The Bertz CT molecular complexity index is 1290. The zero-order valence-electron chi connectivity index (χ0n) is 27.3. The van der Waals surface area contributed by atoms with Gasteiger partial charge in [-0.25, -0.2) is 4.79 Å². The molecule has 0 radical (unpaired) electrons. The standard InChI is InChI=1S/C31H44N2O15/c1-29-9-7-21(34)16-20(29)5-6-22-23-8-10-31(30(23,2)17-24(35)28(22)29,48-26(37)4-3-11-46-32(39)40)25(36)18-45-27(38)19-44-13-12-43-14-15-47-33(41)42/h16,22-24,28,35H,3-15,17-19H2,1-2H3/t22?,23?,24-,28+,29-,30-,31-/m0/s1. The SMILES string of the molecule is C[C@]12CCC(=O)C=C1CCC1C3CC[C@](OC(=O)CCCO[N+](=O)[O-])(C(=O)COC(=O)COCCOCCO[N+](=O)[O-])[C@@]3(C)C[C@H](O)[C@@H]12. The largest absolute Gasteiger partial charge is 0.456 e. The summed E-state index contributed by atoms with van der Waals surface area (Å²) < 4.78 is 21.5. The van der Waals surface area contributed by atoms with Crippen molar-refractivity contribution in [3.63, 3.8) is 0 Å². The monoisotopic (exact) mass is 684 g/mol. The van der Waals surface area contributed by atoms with Gasteiger partial charge in [-0.2, -0.15) is 0 Å². The molecule has 268 valence electrons. The van der Waals surface area contributed by atoms with E-state index in [-0.39, 0.29) is 87.7 Å². The topological polar surface area (TPSA) is 230 Å². The maximum Gasteiger partial charge on any atom is 0.332 e. The Morgan fingerprint density at radius 1 is 0.917 bits per heavy atom. The summed E-state index contributed by atoms with van der Waals surface area (Å²) in [6.45, 7) is 2.06. The highest BCUT2D eigenvalue weighted by Gasteiger charge is 2.70. The molecule has 0 heterocycles. The van der Waals surface area contributed by atoms with E-state index in [2.05, 4.69) is 16.6 Å². The molecule has 4 rings (SSSR count). The lowest BCUT2D eigenvalue weighted by atomic mass is 9.45. The second-order valence-electron chi connectivity index (χ2n) is 13.4. The van der Waals surface area contributed by atoms with E-state index in [4.69, 9.17) is 18.9 Å². The third-order valence-electron chi connectivity index (χ3n) is 10.9. The van der Waals surface area contributed by atoms with Crippen molar-refractivity contribution in [1.29, 1.82) is 0 Å². The first kappa shape index (κ1) is 37.1. The van der Waals surface area contributed by atoms with Crippen LogP contribution < -0.4 is 0 Å². The van der Waals surface area contributed by atoms with Gasteiger partial charge >= 0.3 is 11.9 Å². The van der Waals surface area contributed by atoms with Crippen molar-refractivity contribution >= 4 is 23.5 Å². The molecule has 0 aromatic rings. The van der Waals surface area contributed by atoms with Crippen LogP contribution in [0.5, 0.6) is 0 Å². The van der Waals surface area contributed by atoms with E-state index in [1.807, 2.05) is 6.92 Å². The molecule has 0 saturated heterocycles. The summed E-state index contributed by atoms with van der Waals surface area (Å²) in [5, 5.41) is 30.5. The number of nitrogens with zero attached hydrogens (tertiary/aromatic N) is 2. The first-order valence-corrected chi connectivity index (χ1v) is 16.3. The number of carbonyl (C=O) groups excluding carboxylic acids is 4. The van der Waals surface area contributed by atoms with E-state index < -0.39 is 58.2 Å². The van der Waals surface area contributed by atoms with Gasteiger partial charge in [-0.3, -0.25) is 14.4 Å². The van der Waals surface area contributed by atoms with Crippen molar-refractivity contribution in [2.24, 2.45) is 28.6 Å². The van der Waals surface area contributed by atoms with E-state index in [1.54, 1.807) is 6.08 Å². The minimum atomic E-state index is -1.73. The van der Waals surface area contributed by atoms with Gasteiger partial charge in [-0.1, -0.05) is 19.4 Å². The molecular formula is C31H44N2O15. The molecule has 17 heteroatoms. The Labute approximate surface area is 276 Å². The number of ketones is 2. The Morgan fingerprint density at radius 2 is 1.60 bits per heavy atom. The molecule has 1 N–H and O–H groups in total. The molecule has 4 aliphatic carbocycles. The molecule has 0 amide bonds. The minimum absolute atomic E-state index is 0.0137. The van der Waals surface area contributed by atoms with Gasteiger partial charge in [-0.05, 0) is 74.2 Å². The number of rotatable bonds is 18. The van der Waals surface area contributed by atoms with E-state index in [1.165, 1.54) is 0 Å². The van der Waals surface area contributed by atoms with Crippen molar-refractivity contribution in [2.75, 3.05) is 46.2 Å². The lowest BCUT2D eigenvalue weighted by Crippen LogP contribution is -2.63. The molecule has 0 bridgehead atoms. The summed E-state index contributed by atoms with van der Waals surface area (Å²) >= 11 is 0. The Morgan fingerprint density at radius 3 is 2.33 bits per heavy atom. The molecule has 4 aliphatic rings. The first-order chi connectivity index (χ1) is 22.7. The second-order valence-corrected chi connectivity index (χ2v) is 13.4. The number of aliphatic hydroxyl groups excluding tert-OH is 1. The molecule has 48 heavy (non-hydrogen) atoms. The average molecular weight is 685 g/mol. The van der Waals surface area contributed by atoms with Gasteiger partial charge in [0.05, 0.1) is 32.5 Å². The molecule has 3 saturated carbocycles. The van der Waals surface area contributed by atoms with Crippen LogP contribution in [0.1, 0.15) is 71.6 Å². The predicted octanol–water partition coefficient (Wildman–Crippen LogP) is 2.11. The molecular weight excluding hydrogens is 640 g/mol. The fraction of sp³-hybridized carbons (Fsp3) is 0.806. The maximum atomic E-state index is 14.1. The van der Waals surface area contributed by atoms with Gasteiger partial charge in [0.25, 0.3) is 10.2 Å². The summed E-state index contributed by atoms with van der Waals surface area (Å²) in [5.74, 6) is -2.45. The second kappa shape index (κ2) is 15.7. The van der Waals surface area contributed by atoms with Crippen LogP contribution in [0, 0.1) is 48.8 Å². The van der Waals surface area contributed by atoms with Crippen molar-refractivity contribution in [1.82, 2.24) is 0 Å². The number of ether oxygens (including phenoxy) is 4. The Kier molecular flexibility index (Phi) is 12.1. The van der Waals surface area contributed by atoms with Gasteiger partial charge in [-0.15, -0.1) is 20.2 Å². The molecule has 7 atom stereocenters. The number of Topliss-reactive ketones (excluding diaryl/α,β-unsaturated/α-hetero) is 1. The van der Waals surface area contributed by atoms with Gasteiger partial charge < -0.3 is 33.7 Å². The zero-order chi connectivity index (χ0) is 35.1. The maximum absolute atomic E-state index is 14.1.